The van der Waals surface area contributed by atoms with Gasteiger partial charge in [0.15, 0.2) is 0 Å². The number of hydrogen-bond donors (Lipinski definition) is 0. The molecule has 1 aromatic heterocycles. The van der Waals surface area contributed by atoms with Crippen molar-refractivity contribution < 1.29 is 14.2 Å². The van der Waals surface area contributed by atoms with E-state index in [0.717, 1.165) is 6.42 Å². The van der Waals surface area contributed by atoms with Gasteiger partial charge < -0.3 is 14.2 Å². The number of halogens is 2. The lowest BCUT2D eigenvalue weighted by Crippen LogP contribution is -2.07. The van der Waals surface area contributed by atoms with E-state index in [1.54, 1.807) is 19.2 Å². The molecule has 6 heteroatoms. The van der Waals surface area contributed by atoms with Crippen molar-refractivity contribution in [2.75, 3.05) is 33.5 Å². The molecule has 0 atom stereocenters. The van der Waals surface area contributed by atoms with Crippen LogP contribution in [0.4, 0.5) is 0 Å². The highest BCUT2D eigenvalue weighted by molar-refractivity contribution is 6.32. The molecule has 1 aromatic rings. The van der Waals surface area contributed by atoms with Crippen molar-refractivity contribution in [3.8, 4) is 0 Å². The topological polar surface area (TPSA) is 40.6 Å². The molecule has 0 saturated carbocycles. The Kier molecular flexibility index (Phi) is 8.29. The molecule has 1 heterocycles. The zero-order valence-electron chi connectivity index (χ0n) is 10.3. The maximum Gasteiger partial charge on any atom is 0.129 e. The maximum atomic E-state index is 5.95. The molecular formula is C12H17Cl2NO3. The van der Waals surface area contributed by atoms with Crippen molar-refractivity contribution in [2.24, 2.45) is 0 Å². The second-order valence-corrected chi connectivity index (χ2v) is 4.37. The standard InChI is InChI=1S/C12H17Cl2NO3/c1-16-5-2-6-17-7-8-18-9-11-10(13)3-4-12(14)15-11/h3-4H,2,5-9H2,1H3. The van der Waals surface area contributed by atoms with Crippen LogP contribution in [-0.4, -0.2) is 38.5 Å². The van der Waals surface area contributed by atoms with Gasteiger partial charge in [-0.1, -0.05) is 23.2 Å². The zero-order chi connectivity index (χ0) is 13.2. The van der Waals surface area contributed by atoms with Crippen LogP contribution in [0.5, 0.6) is 0 Å². The first kappa shape index (κ1) is 15.7. The number of nitrogens with zero attached hydrogens (tertiary/aromatic N) is 1. The first-order valence-corrected chi connectivity index (χ1v) is 6.45. The van der Waals surface area contributed by atoms with E-state index in [2.05, 4.69) is 4.98 Å². The predicted molar refractivity (Wildman–Crippen MR) is 71.2 cm³/mol. The number of hydrogen-bond acceptors (Lipinski definition) is 4. The van der Waals surface area contributed by atoms with Crippen LogP contribution in [-0.2, 0) is 20.8 Å². The third kappa shape index (κ3) is 6.52. The third-order valence-corrected chi connectivity index (χ3v) is 2.69. The molecular weight excluding hydrogens is 277 g/mol. The average molecular weight is 294 g/mol. The fourth-order valence-electron chi connectivity index (χ4n) is 1.25. The number of ether oxygens (including phenoxy) is 3. The predicted octanol–water partition coefficient (Wildman–Crippen LogP) is 2.96. The van der Waals surface area contributed by atoms with Crippen LogP contribution in [0.25, 0.3) is 0 Å². The van der Waals surface area contributed by atoms with Gasteiger partial charge in [-0.3, -0.25) is 0 Å². The summed E-state index contributed by atoms with van der Waals surface area (Å²) in [4.78, 5) is 4.08. The highest BCUT2D eigenvalue weighted by Gasteiger charge is 2.03. The maximum absolute atomic E-state index is 5.95. The van der Waals surface area contributed by atoms with E-state index in [4.69, 9.17) is 37.4 Å². The monoisotopic (exact) mass is 293 g/mol. The summed E-state index contributed by atoms with van der Waals surface area (Å²) in [6.07, 6.45) is 0.887. The van der Waals surface area contributed by atoms with Gasteiger partial charge in [-0.25, -0.2) is 4.98 Å². The van der Waals surface area contributed by atoms with Crippen LogP contribution in [0, 0.1) is 0 Å². The van der Waals surface area contributed by atoms with Crippen LogP contribution < -0.4 is 0 Å². The van der Waals surface area contributed by atoms with Gasteiger partial charge in [-0.15, -0.1) is 0 Å². The van der Waals surface area contributed by atoms with E-state index in [-0.39, 0.29) is 0 Å². The molecule has 0 aliphatic rings. The fraction of sp³-hybridized carbons (Fsp3) is 0.583. The fourth-order valence-corrected chi connectivity index (χ4v) is 1.58. The quantitative estimate of drug-likeness (QED) is 0.518. The summed E-state index contributed by atoms with van der Waals surface area (Å²) in [5, 5.41) is 0.967. The minimum atomic E-state index is 0.334. The van der Waals surface area contributed by atoms with Gasteiger partial charge in [-0.05, 0) is 18.6 Å². The van der Waals surface area contributed by atoms with Crippen LogP contribution in [0.15, 0.2) is 12.1 Å². The van der Waals surface area contributed by atoms with Crippen molar-refractivity contribution in [1.82, 2.24) is 4.98 Å². The molecule has 0 N–H and O–H groups in total. The summed E-state index contributed by atoms with van der Waals surface area (Å²) in [5.41, 5.74) is 0.642. The molecule has 0 spiro atoms. The molecule has 102 valence electrons. The Labute approximate surface area is 117 Å². The molecule has 0 radical (unpaired) electrons. The van der Waals surface area contributed by atoms with E-state index in [1.165, 1.54) is 0 Å². The van der Waals surface area contributed by atoms with E-state index in [9.17, 15) is 0 Å². The minimum absolute atomic E-state index is 0.334. The van der Waals surface area contributed by atoms with Crippen molar-refractivity contribution in [1.29, 1.82) is 0 Å². The molecule has 0 saturated heterocycles. The molecule has 0 bridgehead atoms. The van der Waals surface area contributed by atoms with Gasteiger partial charge in [0.2, 0.25) is 0 Å². The summed E-state index contributed by atoms with van der Waals surface area (Å²) >= 11 is 11.7. The molecule has 0 amide bonds. The largest absolute Gasteiger partial charge is 0.385 e. The minimum Gasteiger partial charge on any atom is -0.385 e. The van der Waals surface area contributed by atoms with Crippen LogP contribution >= 0.6 is 23.2 Å². The lowest BCUT2D eigenvalue weighted by atomic mass is 10.4. The molecule has 0 aliphatic carbocycles. The number of rotatable bonds is 9. The first-order valence-electron chi connectivity index (χ1n) is 5.69. The van der Waals surface area contributed by atoms with Crippen LogP contribution in [0.1, 0.15) is 12.1 Å². The normalized spacial score (nSPS) is 10.8. The Morgan fingerprint density at radius 3 is 2.61 bits per heavy atom. The second kappa shape index (κ2) is 9.53. The van der Waals surface area contributed by atoms with Gasteiger partial charge >= 0.3 is 0 Å². The summed E-state index contributed by atoms with van der Waals surface area (Å²) in [6, 6.07) is 3.35. The highest BCUT2D eigenvalue weighted by atomic mass is 35.5. The second-order valence-electron chi connectivity index (χ2n) is 3.57. The summed E-state index contributed by atoms with van der Waals surface area (Å²) in [5.74, 6) is 0. The molecule has 0 unspecified atom stereocenters. The Balaban J connectivity index is 2.09. The SMILES string of the molecule is COCCCOCCOCc1nc(Cl)ccc1Cl. The molecule has 0 aliphatic heterocycles. The van der Waals surface area contributed by atoms with Crippen LogP contribution in [0.2, 0.25) is 10.2 Å². The third-order valence-electron chi connectivity index (χ3n) is 2.13. The van der Waals surface area contributed by atoms with Crippen LogP contribution in [0.3, 0.4) is 0 Å². The smallest absolute Gasteiger partial charge is 0.129 e. The van der Waals surface area contributed by atoms with Gasteiger partial charge in [0, 0.05) is 20.3 Å². The molecule has 18 heavy (non-hydrogen) atoms. The molecule has 0 aromatic carbocycles. The number of methoxy groups -OCH3 is 1. The Hall–Kier alpha value is -0.390. The lowest BCUT2D eigenvalue weighted by molar-refractivity contribution is 0.0328. The van der Waals surface area contributed by atoms with Gasteiger partial charge in [0.25, 0.3) is 0 Å². The van der Waals surface area contributed by atoms with Gasteiger partial charge in [0.05, 0.1) is 30.5 Å². The lowest BCUT2D eigenvalue weighted by Gasteiger charge is -2.06. The van der Waals surface area contributed by atoms with Gasteiger partial charge in [0.1, 0.15) is 5.15 Å². The van der Waals surface area contributed by atoms with E-state index in [0.29, 0.717) is 48.9 Å². The summed E-state index contributed by atoms with van der Waals surface area (Å²) < 4.78 is 15.6. The van der Waals surface area contributed by atoms with Crippen molar-refractivity contribution >= 4 is 23.2 Å². The highest BCUT2D eigenvalue weighted by Crippen LogP contribution is 2.17. The number of pyridine rings is 1. The number of aromatic nitrogens is 1. The Morgan fingerprint density at radius 1 is 1.06 bits per heavy atom. The molecule has 1 rings (SSSR count). The van der Waals surface area contributed by atoms with E-state index in [1.807, 2.05) is 0 Å². The van der Waals surface area contributed by atoms with Gasteiger partial charge in [-0.2, -0.15) is 0 Å². The van der Waals surface area contributed by atoms with Crippen molar-refractivity contribution in [3.05, 3.63) is 28.0 Å². The Morgan fingerprint density at radius 2 is 1.83 bits per heavy atom. The van der Waals surface area contributed by atoms with E-state index < -0.39 is 0 Å². The first-order chi connectivity index (χ1) is 8.74. The molecule has 0 fully saturated rings. The summed E-state index contributed by atoms with van der Waals surface area (Å²) in [7, 11) is 1.67. The average Bonchev–Trinajstić information content (AvgIpc) is 2.36. The Bertz CT molecular complexity index is 350. The van der Waals surface area contributed by atoms with E-state index >= 15 is 0 Å². The van der Waals surface area contributed by atoms with Crippen molar-refractivity contribution in [2.45, 2.75) is 13.0 Å². The zero-order valence-corrected chi connectivity index (χ0v) is 11.8. The van der Waals surface area contributed by atoms with Crippen molar-refractivity contribution in [3.63, 3.8) is 0 Å². The molecule has 4 nitrogen and oxygen atoms in total. The summed E-state index contributed by atoms with van der Waals surface area (Å²) in [6.45, 7) is 2.76.